The molecule has 204 valence electrons. The largest absolute Gasteiger partial charge is 0.351 e. The Bertz CT molecular complexity index is 1180. The lowest BCUT2D eigenvalue weighted by molar-refractivity contribution is -0.118. The van der Waals surface area contributed by atoms with E-state index in [1.54, 1.807) is 18.1 Å². The fraction of sp³-hybridized carbons (Fsp3) is 0.556. The lowest BCUT2D eigenvalue weighted by Gasteiger charge is -2.35. The van der Waals surface area contributed by atoms with Crippen LogP contribution in [0.1, 0.15) is 61.7 Å². The highest BCUT2D eigenvalue weighted by Gasteiger charge is 2.31. The van der Waals surface area contributed by atoms with Crippen LogP contribution in [0.15, 0.2) is 18.3 Å². The van der Waals surface area contributed by atoms with Crippen molar-refractivity contribution in [1.82, 2.24) is 20.2 Å². The van der Waals surface area contributed by atoms with Crippen LogP contribution >= 0.6 is 0 Å². The summed E-state index contributed by atoms with van der Waals surface area (Å²) in [6.07, 6.45) is 9.68. The quantitative estimate of drug-likeness (QED) is 0.565. The molecule has 0 atom stereocenters. The second-order valence-electron chi connectivity index (χ2n) is 10.3. The van der Waals surface area contributed by atoms with Gasteiger partial charge in [-0.3, -0.25) is 9.59 Å². The Hall–Kier alpha value is -3.34. The second kappa shape index (κ2) is 11.6. The van der Waals surface area contributed by atoms with Gasteiger partial charge in [0.2, 0.25) is 11.9 Å². The minimum absolute atomic E-state index is 0.0173. The number of amides is 2. The number of benzene rings is 1. The molecule has 0 radical (unpaired) electrons. The van der Waals surface area contributed by atoms with Crippen molar-refractivity contribution in [2.24, 2.45) is 0 Å². The molecule has 2 aliphatic heterocycles. The number of nitrogens with one attached hydrogen (secondary N) is 2. The molecular weight excluding hydrogens is 492 g/mol. The molecule has 5 rings (SSSR count). The van der Waals surface area contributed by atoms with Gasteiger partial charge in [-0.2, -0.15) is 4.98 Å². The van der Waals surface area contributed by atoms with Crippen molar-refractivity contribution in [3.05, 3.63) is 35.5 Å². The number of halogens is 2. The second-order valence-corrected chi connectivity index (χ2v) is 10.3. The van der Waals surface area contributed by atoms with Crippen LogP contribution in [0.4, 0.5) is 31.9 Å². The SMILES string of the molecule is CN1C(=O)CCN(C2CCCCC2)c2nc(Nc3cc(F)c(C(=O)NCCN4CCCC4)cc3F)ncc21. The molecular formula is C27H35F2N7O2. The lowest BCUT2D eigenvalue weighted by atomic mass is 9.94. The first-order valence-corrected chi connectivity index (χ1v) is 13.6. The molecule has 3 aliphatic rings. The molecule has 3 heterocycles. The Balaban J connectivity index is 1.33. The Morgan fingerprint density at radius 3 is 2.58 bits per heavy atom. The van der Waals surface area contributed by atoms with Crippen LogP contribution in [0.25, 0.3) is 0 Å². The highest BCUT2D eigenvalue weighted by atomic mass is 19.1. The summed E-state index contributed by atoms with van der Waals surface area (Å²) in [6.45, 7) is 3.59. The van der Waals surface area contributed by atoms with Crippen molar-refractivity contribution in [1.29, 1.82) is 0 Å². The van der Waals surface area contributed by atoms with Gasteiger partial charge >= 0.3 is 0 Å². The van der Waals surface area contributed by atoms with Gasteiger partial charge in [0.05, 0.1) is 17.4 Å². The smallest absolute Gasteiger partial charge is 0.254 e. The Morgan fingerprint density at radius 2 is 1.82 bits per heavy atom. The maximum Gasteiger partial charge on any atom is 0.254 e. The minimum Gasteiger partial charge on any atom is -0.351 e. The summed E-state index contributed by atoms with van der Waals surface area (Å²) in [5, 5.41) is 5.45. The zero-order chi connectivity index (χ0) is 26.6. The summed E-state index contributed by atoms with van der Waals surface area (Å²) in [6, 6.07) is 2.11. The number of anilines is 4. The average Bonchev–Trinajstić information content (AvgIpc) is 3.40. The Kier molecular flexibility index (Phi) is 8.01. The van der Waals surface area contributed by atoms with Crippen molar-refractivity contribution in [3.8, 4) is 0 Å². The molecule has 9 nitrogen and oxygen atoms in total. The molecule has 1 aromatic carbocycles. The molecule has 11 heteroatoms. The molecule has 0 spiro atoms. The molecule has 2 N–H and O–H groups in total. The molecule has 1 saturated carbocycles. The summed E-state index contributed by atoms with van der Waals surface area (Å²) in [4.78, 5) is 39.9. The van der Waals surface area contributed by atoms with E-state index in [2.05, 4.69) is 30.4 Å². The van der Waals surface area contributed by atoms with Gasteiger partial charge in [-0.25, -0.2) is 13.8 Å². The van der Waals surface area contributed by atoms with Gasteiger partial charge in [-0.1, -0.05) is 19.3 Å². The molecule has 2 fully saturated rings. The Morgan fingerprint density at radius 1 is 1.05 bits per heavy atom. The number of aromatic nitrogens is 2. The first-order chi connectivity index (χ1) is 18.4. The molecule has 2 amide bonds. The van der Waals surface area contributed by atoms with Gasteiger partial charge in [0.15, 0.2) is 5.82 Å². The van der Waals surface area contributed by atoms with Crippen molar-refractivity contribution < 1.29 is 18.4 Å². The van der Waals surface area contributed by atoms with Crippen molar-refractivity contribution in [2.45, 2.75) is 57.4 Å². The minimum atomic E-state index is -0.837. The number of hydrogen-bond donors (Lipinski definition) is 2. The summed E-state index contributed by atoms with van der Waals surface area (Å²) in [7, 11) is 1.70. The van der Waals surface area contributed by atoms with Gasteiger partial charge in [0.1, 0.15) is 17.3 Å². The van der Waals surface area contributed by atoms with E-state index in [-0.39, 0.29) is 29.1 Å². The van der Waals surface area contributed by atoms with E-state index >= 15 is 0 Å². The third-order valence-corrected chi connectivity index (χ3v) is 7.80. The molecule has 1 saturated heterocycles. The predicted molar refractivity (Wildman–Crippen MR) is 142 cm³/mol. The van der Waals surface area contributed by atoms with Gasteiger partial charge in [-0.05, 0) is 44.8 Å². The average molecular weight is 528 g/mol. The maximum absolute atomic E-state index is 15.0. The lowest BCUT2D eigenvalue weighted by Crippen LogP contribution is -2.38. The summed E-state index contributed by atoms with van der Waals surface area (Å²) in [5.74, 6) is -1.59. The summed E-state index contributed by atoms with van der Waals surface area (Å²) < 4.78 is 29.9. The normalized spacial score (nSPS) is 18.9. The number of carbonyl (C=O) groups excluding carboxylic acids is 2. The number of hydrogen-bond acceptors (Lipinski definition) is 7. The Labute approximate surface area is 221 Å². The van der Waals surface area contributed by atoms with E-state index in [4.69, 9.17) is 0 Å². The number of carbonyl (C=O) groups is 2. The molecule has 1 aliphatic carbocycles. The zero-order valence-electron chi connectivity index (χ0n) is 21.8. The van der Waals surface area contributed by atoms with E-state index in [0.29, 0.717) is 37.6 Å². The van der Waals surface area contributed by atoms with Gasteiger partial charge < -0.3 is 25.3 Å². The van der Waals surface area contributed by atoms with E-state index in [1.807, 2.05) is 0 Å². The third-order valence-electron chi connectivity index (χ3n) is 7.80. The molecule has 2 aromatic rings. The first kappa shape index (κ1) is 26.3. The zero-order valence-corrected chi connectivity index (χ0v) is 21.8. The number of likely N-dealkylation sites (tertiary alicyclic amines) is 1. The van der Waals surface area contributed by atoms with E-state index < -0.39 is 17.5 Å². The molecule has 38 heavy (non-hydrogen) atoms. The van der Waals surface area contributed by atoms with Crippen LogP contribution in [-0.4, -0.2) is 72.5 Å². The first-order valence-electron chi connectivity index (χ1n) is 13.6. The van der Waals surface area contributed by atoms with Crippen molar-refractivity contribution in [3.63, 3.8) is 0 Å². The standard InChI is InChI=1S/C27H35F2N7O2/c1-34-23-17-31-27(33-25(23)36(13-9-24(34)37)18-7-3-2-4-8-18)32-22-16-20(28)19(15-21(22)29)26(38)30-10-14-35-11-5-6-12-35/h15-18H,2-14H2,1H3,(H,30,38)(H,31,32,33). The van der Waals surface area contributed by atoms with Crippen LogP contribution < -0.4 is 20.4 Å². The monoisotopic (exact) mass is 527 g/mol. The van der Waals surface area contributed by atoms with E-state index in [1.165, 1.54) is 6.42 Å². The van der Waals surface area contributed by atoms with Crippen molar-refractivity contribution >= 4 is 35.0 Å². The topological polar surface area (TPSA) is 93.7 Å². The fourth-order valence-electron chi connectivity index (χ4n) is 5.61. The van der Waals surface area contributed by atoms with E-state index in [9.17, 15) is 18.4 Å². The van der Waals surface area contributed by atoms with Crippen LogP contribution in [0.5, 0.6) is 0 Å². The fourth-order valence-corrected chi connectivity index (χ4v) is 5.61. The third kappa shape index (κ3) is 5.72. The number of rotatable bonds is 7. The molecule has 1 aromatic heterocycles. The van der Waals surface area contributed by atoms with Gasteiger partial charge in [-0.15, -0.1) is 0 Å². The molecule has 0 unspecified atom stereocenters. The van der Waals surface area contributed by atoms with Crippen LogP contribution in [0, 0.1) is 11.6 Å². The summed E-state index contributed by atoms with van der Waals surface area (Å²) >= 11 is 0. The highest BCUT2D eigenvalue weighted by Crippen LogP contribution is 2.36. The number of nitrogens with zero attached hydrogens (tertiary/aromatic N) is 5. The van der Waals surface area contributed by atoms with Crippen LogP contribution in [-0.2, 0) is 4.79 Å². The van der Waals surface area contributed by atoms with Crippen LogP contribution in [0.3, 0.4) is 0 Å². The van der Waals surface area contributed by atoms with E-state index in [0.717, 1.165) is 63.7 Å². The number of fused-ring (bicyclic) bond motifs is 1. The maximum atomic E-state index is 15.0. The van der Waals surface area contributed by atoms with Crippen molar-refractivity contribution in [2.75, 3.05) is 54.9 Å². The highest BCUT2D eigenvalue weighted by molar-refractivity contribution is 5.97. The van der Waals surface area contributed by atoms with Crippen LogP contribution in [0.2, 0.25) is 0 Å². The summed E-state index contributed by atoms with van der Waals surface area (Å²) in [5.41, 5.74) is 0.0792. The molecule has 0 bridgehead atoms. The van der Waals surface area contributed by atoms with Gasteiger partial charge in [0, 0.05) is 45.2 Å². The predicted octanol–water partition coefficient (Wildman–Crippen LogP) is 3.83. The van der Waals surface area contributed by atoms with Gasteiger partial charge in [0.25, 0.3) is 5.91 Å².